The van der Waals surface area contributed by atoms with Crippen LogP contribution in [0.15, 0.2) is 0 Å². The smallest absolute Gasteiger partial charge is 0.348 e. The molecular weight excluding hydrogens is 219 g/mol. The zero-order chi connectivity index (χ0) is 9.30. The van der Waals surface area contributed by atoms with Crippen molar-refractivity contribution in [3.05, 3.63) is 19.8 Å². The summed E-state index contributed by atoms with van der Waals surface area (Å²) in [5.41, 5.74) is 0.679. The molecule has 0 fully saturated rings. The summed E-state index contributed by atoms with van der Waals surface area (Å²) in [4.78, 5) is 11.5. The van der Waals surface area contributed by atoms with Crippen molar-refractivity contribution in [1.82, 2.24) is 0 Å². The van der Waals surface area contributed by atoms with Crippen LogP contribution >= 0.6 is 34.5 Å². The molecule has 1 rings (SSSR count). The zero-order valence-electron chi connectivity index (χ0n) is 6.48. The summed E-state index contributed by atoms with van der Waals surface area (Å²) in [7, 11) is 1.32. The van der Waals surface area contributed by atoms with E-state index in [2.05, 4.69) is 4.74 Å². The first-order valence-electron chi connectivity index (χ1n) is 3.10. The molecule has 0 spiro atoms. The highest BCUT2D eigenvalue weighted by Gasteiger charge is 2.17. The fourth-order valence-electron chi connectivity index (χ4n) is 0.746. The standard InChI is InChI=1S/C7H6Cl2O2S/c1-3-4(8)6(9)12-5(3)7(10)11-2/h1-2H3. The number of carbonyl (C=O) groups is 1. The van der Waals surface area contributed by atoms with Crippen LogP contribution < -0.4 is 0 Å². The van der Waals surface area contributed by atoms with Gasteiger partial charge in [-0.2, -0.15) is 0 Å². The molecular formula is C7H6Cl2O2S. The van der Waals surface area contributed by atoms with Crippen molar-refractivity contribution in [2.24, 2.45) is 0 Å². The predicted molar refractivity (Wildman–Crippen MR) is 50.4 cm³/mol. The molecule has 0 N–H and O–H groups in total. The first-order valence-corrected chi connectivity index (χ1v) is 4.68. The Balaban J connectivity index is 3.17. The maximum atomic E-state index is 11.1. The van der Waals surface area contributed by atoms with Gasteiger partial charge in [0.1, 0.15) is 9.21 Å². The Bertz CT molecular complexity index is 319. The molecule has 0 atom stereocenters. The van der Waals surface area contributed by atoms with Crippen LogP contribution in [0.5, 0.6) is 0 Å². The Morgan fingerprint density at radius 3 is 2.42 bits per heavy atom. The number of hydrogen-bond donors (Lipinski definition) is 0. The molecule has 66 valence electrons. The number of esters is 1. The highest BCUT2D eigenvalue weighted by atomic mass is 35.5. The third-order valence-electron chi connectivity index (χ3n) is 1.40. The van der Waals surface area contributed by atoms with Gasteiger partial charge in [0.2, 0.25) is 0 Å². The van der Waals surface area contributed by atoms with Gasteiger partial charge in [-0.1, -0.05) is 23.2 Å². The molecule has 1 aromatic rings. The van der Waals surface area contributed by atoms with Gasteiger partial charge in [-0.25, -0.2) is 4.79 Å². The second kappa shape index (κ2) is 3.64. The SMILES string of the molecule is COC(=O)c1sc(Cl)c(Cl)c1C. The normalized spacial score (nSPS) is 10.0. The third kappa shape index (κ3) is 1.58. The summed E-state index contributed by atoms with van der Waals surface area (Å²) in [6.07, 6.45) is 0. The van der Waals surface area contributed by atoms with E-state index < -0.39 is 5.97 Å². The van der Waals surface area contributed by atoms with Crippen LogP contribution in [-0.4, -0.2) is 13.1 Å². The van der Waals surface area contributed by atoms with E-state index in [0.29, 0.717) is 19.8 Å². The average Bonchev–Trinajstić information content (AvgIpc) is 2.32. The van der Waals surface area contributed by atoms with Crippen molar-refractivity contribution in [3.8, 4) is 0 Å². The van der Waals surface area contributed by atoms with Gasteiger partial charge in [-0.05, 0) is 12.5 Å². The first-order chi connectivity index (χ1) is 5.57. The molecule has 1 aromatic heterocycles. The van der Waals surface area contributed by atoms with E-state index in [1.54, 1.807) is 6.92 Å². The van der Waals surface area contributed by atoms with Gasteiger partial charge in [-0.15, -0.1) is 11.3 Å². The van der Waals surface area contributed by atoms with Gasteiger partial charge in [0.15, 0.2) is 0 Å². The molecule has 0 bridgehead atoms. The summed E-state index contributed by atoms with van der Waals surface area (Å²) < 4.78 is 4.97. The van der Waals surface area contributed by atoms with Crippen LogP contribution in [0.25, 0.3) is 0 Å². The summed E-state index contributed by atoms with van der Waals surface area (Å²) in [6, 6.07) is 0. The van der Waals surface area contributed by atoms with Crippen LogP contribution in [0.4, 0.5) is 0 Å². The van der Waals surface area contributed by atoms with Crippen molar-refractivity contribution in [1.29, 1.82) is 0 Å². The lowest BCUT2D eigenvalue weighted by Gasteiger charge is -1.95. The average molecular weight is 225 g/mol. The van der Waals surface area contributed by atoms with Gasteiger partial charge in [0, 0.05) is 0 Å². The number of ether oxygens (including phenoxy) is 1. The fourth-order valence-corrected chi connectivity index (χ4v) is 2.23. The van der Waals surface area contributed by atoms with E-state index in [9.17, 15) is 4.79 Å². The Morgan fingerprint density at radius 2 is 2.08 bits per heavy atom. The summed E-state index contributed by atoms with van der Waals surface area (Å²) in [5.74, 6) is -0.397. The lowest BCUT2D eigenvalue weighted by molar-refractivity contribution is 0.0605. The summed E-state index contributed by atoms with van der Waals surface area (Å²) >= 11 is 12.6. The number of halogens is 2. The molecule has 0 aromatic carbocycles. The highest BCUT2D eigenvalue weighted by molar-refractivity contribution is 7.18. The number of carbonyl (C=O) groups excluding carboxylic acids is 1. The predicted octanol–water partition coefficient (Wildman–Crippen LogP) is 3.15. The maximum absolute atomic E-state index is 11.1. The van der Waals surface area contributed by atoms with Gasteiger partial charge >= 0.3 is 5.97 Å². The van der Waals surface area contributed by atoms with Crippen molar-refractivity contribution in [2.45, 2.75) is 6.92 Å². The van der Waals surface area contributed by atoms with Crippen LogP contribution in [0.3, 0.4) is 0 Å². The molecule has 0 aliphatic heterocycles. The Hall–Kier alpha value is -0.250. The maximum Gasteiger partial charge on any atom is 0.348 e. The fraction of sp³-hybridized carbons (Fsp3) is 0.286. The van der Waals surface area contributed by atoms with E-state index >= 15 is 0 Å². The highest BCUT2D eigenvalue weighted by Crippen LogP contribution is 2.36. The molecule has 0 amide bonds. The van der Waals surface area contributed by atoms with Crippen LogP contribution in [0.2, 0.25) is 9.36 Å². The largest absolute Gasteiger partial charge is 0.465 e. The van der Waals surface area contributed by atoms with Crippen molar-refractivity contribution in [2.75, 3.05) is 7.11 Å². The van der Waals surface area contributed by atoms with Gasteiger partial charge < -0.3 is 4.74 Å². The lowest BCUT2D eigenvalue weighted by atomic mass is 10.3. The number of methoxy groups -OCH3 is 1. The van der Waals surface area contributed by atoms with Crippen molar-refractivity contribution in [3.63, 3.8) is 0 Å². The van der Waals surface area contributed by atoms with E-state index in [0.717, 1.165) is 11.3 Å². The monoisotopic (exact) mass is 224 g/mol. The van der Waals surface area contributed by atoms with Gasteiger partial charge in [-0.3, -0.25) is 0 Å². The van der Waals surface area contributed by atoms with Crippen LogP contribution in [0, 0.1) is 6.92 Å². The van der Waals surface area contributed by atoms with E-state index in [1.807, 2.05) is 0 Å². The Kier molecular flexibility index (Phi) is 2.99. The van der Waals surface area contributed by atoms with E-state index in [1.165, 1.54) is 7.11 Å². The quantitative estimate of drug-likeness (QED) is 0.686. The minimum absolute atomic E-state index is 0.397. The Labute approximate surface area is 84.0 Å². The Morgan fingerprint density at radius 1 is 1.50 bits per heavy atom. The van der Waals surface area contributed by atoms with Gasteiger partial charge in [0.25, 0.3) is 0 Å². The van der Waals surface area contributed by atoms with Crippen LogP contribution in [-0.2, 0) is 4.74 Å². The third-order valence-corrected chi connectivity index (χ3v) is 3.57. The minimum Gasteiger partial charge on any atom is -0.465 e. The van der Waals surface area contributed by atoms with Gasteiger partial charge in [0.05, 0.1) is 12.1 Å². The molecule has 0 unspecified atom stereocenters. The lowest BCUT2D eigenvalue weighted by Crippen LogP contribution is -1.99. The molecule has 0 aliphatic carbocycles. The summed E-state index contributed by atoms with van der Waals surface area (Å²) in [6.45, 7) is 1.73. The second-order valence-electron chi connectivity index (χ2n) is 2.14. The van der Waals surface area contributed by atoms with Crippen LogP contribution in [0.1, 0.15) is 15.2 Å². The second-order valence-corrected chi connectivity index (χ2v) is 4.14. The molecule has 0 aliphatic rings. The summed E-state index contributed by atoms with van der Waals surface area (Å²) in [5, 5.41) is 0.432. The number of thiophene rings is 1. The number of hydrogen-bond acceptors (Lipinski definition) is 3. The molecule has 2 nitrogen and oxygen atoms in total. The molecule has 5 heteroatoms. The molecule has 0 radical (unpaired) electrons. The zero-order valence-corrected chi connectivity index (χ0v) is 8.81. The molecule has 12 heavy (non-hydrogen) atoms. The molecule has 0 saturated heterocycles. The van der Waals surface area contributed by atoms with Crippen molar-refractivity contribution < 1.29 is 9.53 Å². The van der Waals surface area contributed by atoms with E-state index in [-0.39, 0.29) is 0 Å². The first kappa shape index (κ1) is 9.84. The molecule has 0 saturated carbocycles. The number of rotatable bonds is 1. The molecule has 1 heterocycles. The van der Waals surface area contributed by atoms with E-state index in [4.69, 9.17) is 23.2 Å². The van der Waals surface area contributed by atoms with Crippen molar-refractivity contribution >= 4 is 40.5 Å². The topological polar surface area (TPSA) is 26.3 Å². The minimum atomic E-state index is -0.397.